The Labute approximate surface area is 200 Å². The molecule has 174 valence electrons. The summed E-state index contributed by atoms with van der Waals surface area (Å²) >= 11 is 1.43. The number of ether oxygens (including phenoxy) is 3. The summed E-state index contributed by atoms with van der Waals surface area (Å²) in [5, 5.41) is 13.1. The van der Waals surface area contributed by atoms with Gasteiger partial charge in [-0.3, -0.25) is 9.59 Å². The van der Waals surface area contributed by atoms with Crippen LogP contribution in [0.5, 0.6) is 17.2 Å². The van der Waals surface area contributed by atoms with E-state index in [9.17, 15) is 14.7 Å². The van der Waals surface area contributed by atoms with Crippen LogP contribution in [0.2, 0.25) is 0 Å². The average Bonchev–Trinajstić information content (AvgIpc) is 3.60. The number of thiophene rings is 1. The zero-order valence-electron chi connectivity index (χ0n) is 18.7. The Balaban J connectivity index is 1.58. The van der Waals surface area contributed by atoms with Crippen LogP contribution in [0.15, 0.2) is 59.5 Å². The Kier molecular flexibility index (Phi) is 5.75. The molecular weight excluding hydrogens is 454 g/mol. The third kappa shape index (κ3) is 3.70. The maximum absolute atomic E-state index is 13.2. The van der Waals surface area contributed by atoms with E-state index in [4.69, 9.17) is 14.2 Å². The van der Waals surface area contributed by atoms with Gasteiger partial charge in [-0.1, -0.05) is 12.1 Å². The molecule has 3 aromatic rings. The van der Waals surface area contributed by atoms with Crippen LogP contribution in [-0.2, 0) is 22.6 Å². The number of hydrogen-bond donors (Lipinski definition) is 1. The van der Waals surface area contributed by atoms with Gasteiger partial charge in [-0.05, 0) is 52.9 Å². The minimum absolute atomic E-state index is 0.0896. The Morgan fingerprint density at radius 2 is 1.94 bits per heavy atom. The topological polar surface area (TPSA) is 85.3 Å². The largest absolute Gasteiger partial charge is 0.507 e. The first kappa shape index (κ1) is 22.0. The van der Waals surface area contributed by atoms with Crippen LogP contribution >= 0.6 is 11.3 Å². The number of benzene rings is 2. The zero-order chi connectivity index (χ0) is 23.8. The van der Waals surface area contributed by atoms with Gasteiger partial charge in [0.25, 0.3) is 11.7 Å². The van der Waals surface area contributed by atoms with E-state index in [0.29, 0.717) is 23.7 Å². The van der Waals surface area contributed by atoms with Crippen molar-refractivity contribution in [1.82, 2.24) is 4.90 Å². The molecule has 3 heterocycles. The fourth-order valence-electron chi connectivity index (χ4n) is 4.45. The molecule has 0 aliphatic carbocycles. The number of likely N-dealkylation sites (tertiary alicyclic amines) is 1. The van der Waals surface area contributed by atoms with Gasteiger partial charge in [0.2, 0.25) is 0 Å². The number of rotatable bonds is 6. The van der Waals surface area contributed by atoms with Crippen molar-refractivity contribution in [3.05, 3.63) is 81.1 Å². The number of aliphatic hydroxyl groups is 1. The lowest BCUT2D eigenvalue weighted by atomic mass is 9.98. The summed E-state index contributed by atoms with van der Waals surface area (Å²) in [5.74, 6) is 0.349. The number of nitrogens with zero attached hydrogens (tertiary/aromatic N) is 1. The number of carbonyl (C=O) groups excluding carboxylic acids is 2. The van der Waals surface area contributed by atoms with Crippen LogP contribution < -0.4 is 14.2 Å². The van der Waals surface area contributed by atoms with Gasteiger partial charge < -0.3 is 24.2 Å². The van der Waals surface area contributed by atoms with Crippen molar-refractivity contribution in [3.63, 3.8) is 0 Å². The maximum Gasteiger partial charge on any atom is 0.295 e. The second-order valence-electron chi connectivity index (χ2n) is 8.05. The molecule has 1 aromatic heterocycles. The predicted octanol–water partition coefficient (Wildman–Crippen LogP) is 4.32. The predicted molar refractivity (Wildman–Crippen MR) is 127 cm³/mol. The van der Waals surface area contributed by atoms with Gasteiger partial charge in [0.1, 0.15) is 11.5 Å². The Morgan fingerprint density at radius 3 is 2.68 bits per heavy atom. The molecule has 1 atom stereocenters. The fraction of sp³-hybridized carbons (Fsp3) is 0.231. The smallest absolute Gasteiger partial charge is 0.295 e. The highest BCUT2D eigenvalue weighted by molar-refractivity contribution is 7.10. The van der Waals surface area contributed by atoms with E-state index < -0.39 is 17.7 Å². The minimum atomic E-state index is -0.701. The molecule has 34 heavy (non-hydrogen) atoms. The van der Waals surface area contributed by atoms with Crippen LogP contribution in [0.1, 0.15) is 27.6 Å². The second kappa shape index (κ2) is 8.87. The molecule has 1 unspecified atom stereocenters. The first-order chi connectivity index (χ1) is 16.5. The van der Waals surface area contributed by atoms with E-state index >= 15 is 0 Å². The molecule has 5 rings (SSSR count). The first-order valence-electron chi connectivity index (χ1n) is 10.8. The second-order valence-corrected chi connectivity index (χ2v) is 9.03. The Morgan fingerprint density at radius 1 is 1.12 bits per heavy atom. The lowest BCUT2D eigenvalue weighted by Gasteiger charge is -2.24. The lowest BCUT2D eigenvalue weighted by Crippen LogP contribution is -2.28. The maximum atomic E-state index is 13.2. The van der Waals surface area contributed by atoms with Crippen molar-refractivity contribution in [2.45, 2.75) is 19.0 Å². The van der Waals surface area contributed by atoms with Crippen LogP contribution in [0.3, 0.4) is 0 Å². The van der Waals surface area contributed by atoms with Crippen molar-refractivity contribution in [2.24, 2.45) is 0 Å². The van der Waals surface area contributed by atoms with Crippen LogP contribution in [0.25, 0.3) is 5.76 Å². The summed E-state index contributed by atoms with van der Waals surface area (Å²) in [4.78, 5) is 28.7. The van der Waals surface area contributed by atoms with E-state index in [1.807, 2.05) is 29.6 Å². The summed E-state index contributed by atoms with van der Waals surface area (Å²) in [6, 6.07) is 13.7. The van der Waals surface area contributed by atoms with Gasteiger partial charge in [0.05, 0.1) is 32.4 Å². The Bertz CT molecular complexity index is 1300. The number of carbonyl (C=O) groups is 2. The van der Waals surface area contributed by atoms with E-state index in [1.54, 1.807) is 38.5 Å². The standard InChI is InChI=1S/C26H23NO6S/c1-31-19-7-5-15(12-20(19)32-2)14-27-23(21-4-3-11-34-21)22(25(29)26(27)30)24(28)17-6-8-18-16(13-17)9-10-33-18/h3-8,11-13,23,28H,9-10,14H2,1-2H3/b24-22-. The molecule has 1 N–H and O–H groups in total. The van der Waals surface area contributed by atoms with Gasteiger partial charge in [-0.25, -0.2) is 0 Å². The molecule has 1 saturated heterocycles. The molecule has 0 saturated carbocycles. The summed E-state index contributed by atoms with van der Waals surface area (Å²) in [6.45, 7) is 0.757. The summed E-state index contributed by atoms with van der Waals surface area (Å²) in [6.07, 6.45) is 0.735. The quantitative estimate of drug-likeness (QED) is 0.323. The molecule has 1 amide bonds. The number of methoxy groups -OCH3 is 2. The van der Waals surface area contributed by atoms with Crippen LogP contribution in [-0.4, -0.2) is 42.5 Å². The molecule has 1 fully saturated rings. The third-order valence-electron chi connectivity index (χ3n) is 6.12. The number of aliphatic hydroxyl groups excluding tert-OH is 1. The van der Waals surface area contributed by atoms with Crippen molar-refractivity contribution in [2.75, 3.05) is 20.8 Å². The average molecular weight is 478 g/mol. The summed E-state index contributed by atoms with van der Waals surface area (Å²) < 4.78 is 16.2. The fourth-order valence-corrected chi connectivity index (χ4v) is 5.30. The molecule has 2 aliphatic rings. The molecule has 0 radical (unpaired) electrons. The highest BCUT2D eigenvalue weighted by atomic mass is 32.1. The van der Waals surface area contributed by atoms with Crippen molar-refractivity contribution in [1.29, 1.82) is 0 Å². The van der Waals surface area contributed by atoms with Crippen molar-refractivity contribution < 1.29 is 28.9 Å². The minimum Gasteiger partial charge on any atom is -0.507 e. The molecule has 2 aliphatic heterocycles. The lowest BCUT2D eigenvalue weighted by molar-refractivity contribution is -0.140. The SMILES string of the molecule is COc1ccc(CN2C(=O)C(=O)/C(=C(\O)c3ccc4c(c3)CCO4)C2c2cccs2)cc1OC. The first-order valence-corrected chi connectivity index (χ1v) is 11.7. The number of hydrogen-bond acceptors (Lipinski definition) is 7. The van der Waals surface area contributed by atoms with Gasteiger partial charge in [0.15, 0.2) is 11.5 Å². The van der Waals surface area contributed by atoms with Crippen LogP contribution in [0.4, 0.5) is 0 Å². The number of Topliss-reactive ketones (excluding diaryl/α,β-unsaturated/α-hetero) is 1. The third-order valence-corrected chi connectivity index (χ3v) is 7.04. The summed E-state index contributed by atoms with van der Waals surface area (Å²) in [7, 11) is 3.10. The zero-order valence-corrected chi connectivity index (χ0v) is 19.6. The van der Waals surface area contributed by atoms with Gasteiger partial charge in [-0.15, -0.1) is 11.3 Å². The van der Waals surface area contributed by atoms with Crippen molar-refractivity contribution >= 4 is 28.8 Å². The summed E-state index contributed by atoms with van der Waals surface area (Å²) in [5.41, 5.74) is 2.33. The van der Waals surface area contributed by atoms with Crippen LogP contribution in [0, 0.1) is 0 Å². The Hall–Kier alpha value is -3.78. The van der Waals surface area contributed by atoms with E-state index in [2.05, 4.69) is 0 Å². The van der Waals surface area contributed by atoms with Gasteiger partial charge >= 0.3 is 0 Å². The molecule has 7 nitrogen and oxygen atoms in total. The number of amides is 1. The van der Waals surface area contributed by atoms with E-state index in [1.165, 1.54) is 16.2 Å². The molecule has 8 heteroatoms. The normalized spacial score (nSPS) is 18.6. The van der Waals surface area contributed by atoms with E-state index in [0.717, 1.165) is 28.2 Å². The van der Waals surface area contributed by atoms with Gasteiger partial charge in [0, 0.05) is 23.4 Å². The van der Waals surface area contributed by atoms with Crippen molar-refractivity contribution in [3.8, 4) is 17.2 Å². The monoisotopic (exact) mass is 477 g/mol. The molecule has 2 aromatic carbocycles. The van der Waals surface area contributed by atoms with Gasteiger partial charge in [-0.2, -0.15) is 0 Å². The van der Waals surface area contributed by atoms with E-state index in [-0.39, 0.29) is 17.9 Å². The molecule has 0 bridgehead atoms. The number of fused-ring (bicyclic) bond motifs is 1. The molecule has 0 spiro atoms. The highest BCUT2D eigenvalue weighted by Gasteiger charge is 2.46. The number of ketones is 1. The molecular formula is C26H23NO6S. The highest BCUT2D eigenvalue weighted by Crippen LogP contribution is 2.43.